The molecule has 0 aromatic heterocycles. The molecule has 4 N–H and O–H groups in total. The van der Waals surface area contributed by atoms with Crippen molar-refractivity contribution in [3.8, 4) is 0 Å². The number of benzene rings is 2. The van der Waals surface area contributed by atoms with E-state index in [9.17, 15) is 4.79 Å². The number of rotatable bonds is 5. The smallest absolute Gasteiger partial charge is 0.248 e. The zero-order valence-electron chi connectivity index (χ0n) is 11.8. The summed E-state index contributed by atoms with van der Waals surface area (Å²) in [5, 5.41) is 0.536. The number of nitrogen functional groups attached to an aromatic ring is 1. The van der Waals surface area contributed by atoms with E-state index in [1.54, 1.807) is 12.1 Å². The highest BCUT2D eigenvalue weighted by Gasteiger charge is 2.10. The van der Waals surface area contributed by atoms with E-state index < -0.39 is 5.91 Å². The quantitative estimate of drug-likeness (QED) is 0.834. The van der Waals surface area contributed by atoms with Crippen molar-refractivity contribution in [2.75, 3.05) is 17.2 Å². The van der Waals surface area contributed by atoms with Crippen LogP contribution in [0.3, 0.4) is 0 Å². The third-order valence-corrected chi connectivity index (χ3v) is 3.67. The number of carbonyl (C=O) groups is 1. The van der Waals surface area contributed by atoms with E-state index in [1.165, 1.54) is 0 Å². The molecular formula is C16H18ClN3O. The largest absolute Gasteiger partial charge is 0.399 e. The van der Waals surface area contributed by atoms with Crippen LogP contribution in [0.15, 0.2) is 42.5 Å². The molecule has 110 valence electrons. The molecule has 0 spiro atoms. The average Bonchev–Trinajstić information content (AvgIpc) is 2.45. The van der Waals surface area contributed by atoms with E-state index in [2.05, 4.69) is 11.8 Å². The van der Waals surface area contributed by atoms with Crippen LogP contribution in [0, 0.1) is 0 Å². The summed E-state index contributed by atoms with van der Waals surface area (Å²) >= 11 is 6.23. The number of amides is 1. The Morgan fingerprint density at radius 1 is 1.24 bits per heavy atom. The highest BCUT2D eigenvalue weighted by molar-refractivity contribution is 6.31. The lowest BCUT2D eigenvalue weighted by atomic mass is 10.1. The number of hydrogen-bond acceptors (Lipinski definition) is 3. The molecule has 2 aromatic rings. The summed E-state index contributed by atoms with van der Waals surface area (Å²) in [6.07, 6.45) is 0. The molecule has 4 nitrogen and oxygen atoms in total. The third-order valence-electron chi connectivity index (χ3n) is 3.32. The molecule has 0 aliphatic heterocycles. The van der Waals surface area contributed by atoms with Crippen LogP contribution < -0.4 is 16.4 Å². The van der Waals surface area contributed by atoms with Crippen LogP contribution in [0.4, 0.5) is 11.4 Å². The van der Waals surface area contributed by atoms with Gasteiger partial charge in [0, 0.05) is 35.1 Å². The maximum atomic E-state index is 11.1. The van der Waals surface area contributed by atoms with Crippen LogP contribution in [-0.4, -0.2) is 12.5 Å². The van der Waals surface area contributed by atoms with Gasteiger partial charge in [-0.05, 0) is 42.8 Å². The number of primary amides is 1. The van der Waals surface area contributed by atoms with Crippen LogP contribution in [0.1, 0.15) is 22.8 Å². The first-order valence-electron chi connectivity index (χ1n) is 6.70. The highest BCUT2D eigenvalue weighted by Crippen LogP contribution is 2.24. The van der Waals surface area contributed by atoms with E-state index in [1.807, 2.05) is 30.3 Å². The molecular weight excluding hydrogens is 286 g/mol. The van der Waals surface area contributed by atoms with Crippen molar-refractivity contribution in [2.45, 2.75) is 13.5 Å². The summed E-state index contributed by atoms with van der Waals surface area (Å²) in [6, 6.07) is 12.8. The molecule has 0 aliphatic carbocycles. The molecule has 0 bridgehead atoms. The second kappa shape index (κ2) is 6.50. The summed E-state index contributed by atoms with van der Waals surface area (Å²) in [5.74, 6) is -0.480. The Bertz CT molecular complexity index is 658. The molecule has 0 heterocycles. The van der Waals surface area contributed by atoms with Crippen molar-refractivity contribution in [1.29, 1.82) is 0 Å². The Hall–Kier alpha value is -2.20. The summed E-state index contributed by atoms with van der Waals surface area (Å²) in [7, 11) is 0. The third kappa shape index (κ3) is 3.67. The number of nitrogens with zero attached hydrogens (tertiary/aromatic N) is 1. The van der Waals surface area contributed by atoms with Gasteiger partial charge in [-0.2, -0.15) is 0 Å². The summed E-state index contributed by atoms with van der Waals surface area (Å²) in [5.41, 5.74) is 14.2. The van der Waals surface area contributed by atoms with Crippen molar-refractivity contribution in [3.05, 3.63) is 58.6 Å². The fourth-order valence-electron chi connectivity index (χ4n) is 2.14. The average molecular weight is 304 g/mol. The molecule has 0 aliphatic rings. The van der Waals surface area contributed by atoms with Crippen LogP contribution in [0.5, 0.6) is 0 Å². The first-order chi connectivity index (χ1) is 10.0. The van der Waals surface area contributed by atoms with E-state index >= 15 is 0 Å². The Morgan fingerprint density at radius 2 is 2.00 bits per heavy atom. The van der Waals surface area contributed by atoms with Crippen molar-refractivity contribution >= 4 is 28.9 Å². The molecule has 0 fully saturated rings. The Balaban J connectivity index is 2.25. The molecule has 0 saturated heterocycles. The first kappa shape index (κ1) is 15.2. The molecule has 21 heavy (non-hydrogen) atoms. The molecule has 5 heteroatoms. The van der Waals surface area contributed by atoms with Gasteiger partial charge in [0.05, 0.1) is 0 Å². The minimum Gasteiger partial charge on any atom is -0.399 e. The van der Waals surface area contributed by atoms with Crippen LogP contribution in [0.25, 0.3) is 0 Å². The van der Waals surface area contributed by atoms with Gasteiger partial charge in [0.2, 0.25) is 5.91 Å². The van der Waals surface area contributed by atoms with Crippen molar-refractivity contribution in [2.24, 2.45) is 5.73 Å². The van der Waals surface area contributed by atoms with Gasteiger partial charge in [-0.3, -0.25) is 4.79 Å². The van der Waals surface area contributed by atoms with Gasteiger partial charge in [0.25, 0.3) is 0 Å². The van der Waals surface area contributed by atoms with Gasteiger partial charge < -0.3 is 16.4 Å². The minimum absolute atomic E-state index is 0.413. The lowest BCUT2D eigenvalue weighted by molar-refractivity contribution is 0.100. The number of carbonyl (C=O) groups excluding carboxylic acids is 1. The molecule has 0 unspecified atom stereocenters. The molecule has 2 rings (SSSR count). The summed E-state index contributed by atoms with van der Waals surface area (Å²) in [4.78, 5) is 13.3. The van der Waals surface area contributed by atoms with E-state index in [0.717, 1.165) is 23.5 Å². The number of hydrogen-bond donors (Lipinski definition) is 2. The van der Waals surface area contributed by atoms with Crippen LogP contribution in [-0.2, 0) is 6.54 Å². The monoisotopic (exact) mass is 303 g/mol. The molecule has 0 saturated carbocycles. The maximum absolute atomic E-state index is 11.1. The molecule has 0 radical (unpaired) electrons. The Labute approximate surface area is 129 Å². The number of halogens is 1. The fraction of sp³-hybridized carbons (Fsp3) is 0.188. The molecule has 0 atom stereocenters. The topological polar surface area (TPSA) is 72.3 Å². The minimum atomic E-state index is -0.480. The predicted molar refractivity (Wildman–Crippen MR) is 87.5 cm³/mol. The summed E-state index contributed by atoms with van der Waals surface area (Å²) < 4.78 is 0. The van der Waals surface area contributed by atoms with Gasteiger partial charge in [0.15, 0.2) is 0 Å². The summed E-state index contributed by atoms with van der Waals surface area (Å²) in [6.45, 7) is 3.52. The van der Waals surface area contributed by atoms with Gasteiger partial charge >= 0.3 is 0 Å². The molecule has 1 amide bonds. The normalized spacial score (nSPS) is 10.4. The first-order valence-corrected chi connectivity index (χ1v) is 7.07. The molecule has 2 aromatic carbocycles. The SMILES string of the molecule is CCN(Cc1ccc(C(N)=O)cc1Cl)c1cccc(N)c1. The predicted octanol–water partition coefficient (Wildman–Crippen LogP) is 3.05. The van der Waals surface area contributed by atoms with Crippen molar-refractivity contribution in [3.63, 3.8) is 0 Å². The van der Waals surface area contributed by atoms with Crippen molar-refractivity contribution < 1.29 is 4.79 Å². The fourth-order valence-corrected chi connectivity index (χ4v) is 2.38. The Morgan fingerprint density at radius 3 is 2.57 bits per heavy atom. The van der Waals surface area contributed by atoms with Gasteiger partial charge in [-0.1, -0.05) is 23.7 Å². The maximum Gasteiger partial charge on any atom is 0.248 e. The van der Waals surface area contributed by atoms with E-state index in [0.29, 0.717) is 17.1 Å². The number of nitrogens with two attached hydrogens (primary N) is 2. The highest BCUT2D eigenvalue weighted by atomic mass is 35.5. The zero-order chi connectivity index (χ0) is 15.4. The van der Waals surface area contributed by atoms with Crippen molar-refractivity contribution in [1.82, 2.24) is 0 Å². The van der Waals surface area contributed by atoms with E-state index in [-0.39, 0.29) is 0 Å². The lowest BCUT2D eigenvalue weighted by Crippen LogP contribution is -2.22. The second-order valence-electron chi connectivity index (χ2n) is 4.78. The lowest BCUT2D eigenvalue weighted by Gasteiger charge is -2.24. The standard InChI is InChI=1S/C16H18ClN3O/c1-2-20(14-5-3-4-13(18)9-14)10-12-7-6-11(16(19)21)8-15(12)17/h3-9H,2,10,18H2,1H3,(H2,19,21). The zero-order valence-corrected chi connectivity index (χ0v) is 12.6. The van der Waals surface area contributed by atoms with Gasteiger partial charge in [0.1, 0.15) is 0 Å². The Kier molecular flexibility index (Phi) is 4.70. The van der Waals surface area contributed by atoms with E-state index in [4.69, 9.17) is 23.1 Å². The number of anilines is 2. The van der Waals surface area contributed by atoms with Crippen LogP contribution in [0.2, 0.25) is 5.02 Å². The second-order valence-corrected chi connectivity index (χ2v) is 5.19. The van der Waals surface area contributed by atoms with Gasteiger partial charge in [-0.25, -0.2) is 0 Å². The van der Waals surface area contributed by atoms with Crippen LogP contribution >= 0.6 is 11.6 Å². The van der Waals surface area contributed by atoms with Gasteiger partial charge in [-0.15, -0.1) is 0 Å².